The number of ether oxygens (including phenoxy) is 2. The third-order valence-corrected chi connectivity index (χ3v) is 5.07. The van der Waals surface area contributed by atoms with Crippen molar-refractivity contribution in [1.29, 1.82) is 0 Å². The number of carbonyl (C=O) groups is 1. The van der Waals surface area contributed by atoms with Gasteiger partial charge in [0.15, 0.2) is 0 Å². The lowest BCUT2D eigenvalue weighted by Gasteiger charge is -2.20. The lowest BCUT2D eigenvalue weighted by Crippen LogP contribution is -2.23. The van der Waals surface area contributed by atoms with Gasteiger partial charge in [-0.3, -0.25) is 4.90 Å². The molecular formula is C24H25BrN2O3. The highest BCUT2D eigenvalue weighted by Crippen LogP contribution is 2.22. The topological polar surface area (TPSA) is 54.6 Å². The summed E-state index contributed by atoms with van der Waals surface area (Å²) in [4.78, 5) is 16.9. The van der Waals surface area contributed by atoms with Crippen molar-refractivity contribution in [1.82, 2.24) is 9.88 Å². The number of H-pyrrole nitrogens is 1. The van der Waals surface area contributed by atoms with Crippen LogP contribution in [-0.4, -0.2) is 36.3 Å². The zero-order chi connectivity index (χ0) is 21.2. The van der Waals surface area contributed by atoms with Crippen molar-refractivity contribution in [3.05, 3.63) is 94.6 Å². The second-order valence-corrected chi connectivity index (χ2v) is 7.71. The minimum atomic E-state index is -0.673. The molecule has 0 amide bonds. The van der Waals surface area contributed by atoms with Crippen LogP contribution < -0.4 is 0 Å². The van der Waals surface area contributed by atoms with Crippen LogP contribution in [0.3, 0.4) is 0 Å². The van der Waals surface area contributed by atoms with E-state index >= 15 is 0 Å². The molecular weight excluding hydrogens is 444 g/mol. The van der Waals surface area contributed by atoms with E-state index in [1.54, 1.807) is 0 Å². The first-order chi connectivity index (χ1) is 14.6. The predicted octanol–water partition coefficient (Wildman–Crippen LogP) is 5.79. The molecule has 3 rings (SSSR count). The minimum Gasteiger partial charge on any atom is -0.438 e. The molecule has 0 radical (unpaired) electrons. The maximum absolute atomic E-state index is 11.0. The lowest BCUT2D eigenvalue weighted by molar-refractivity contribution is 0.0817. The van der Waals surface area contributed by atoms with Gasteiger partial charge in [-0.05, 0) is 41.5 Å². The summed E-state index contributed by atoms with van der Waals surface area (Å²) < 4.78 is 10.4. The van der Waals surface area contributed by atoms with Gasteiger partial charge in [0.05, 0.1) is 7.11 Å². The molecule has 1 N–H and O–H groups in total. The van der Waals surface area contributed by atoms with E-state index in [1.165, 1.54) is 12.7 Å². The first-order valence-corrected chi connectivity index (χ1v) is 10.5. The molecule has 0 spiro atoms. The first kappa shape index (κ1) is 21.9. The largest absolute Gasteiger partial charge is 0.508 e. The molecule has 0 saturated carbocycles. The Morgan fingerprint density at radius 2 is 1.77 bits per heavy atom. The van der Waals surface area contributed by atoms with E-state index in [0.717, 1.165) is 41.1 Å². The highest BCUT2D eigenvalue weighted by Gasteiger charge is 2.09. The summed E-state index contributed by atoms with van der Waals surface area (Å²) in [5.41, 5.74) is 4.64. The van der Waals surface area contributed by atoms with Gasteiger partial charge in [-0.15, -0.1) is 0 Å². The van der Waals surface area contributed by atoms with E-state index in [2.05, 4.69) is 66.9 Å². The number of hydrogen-bond donors (Lipinski definition) is 1. The standard InChI is InChI=1S/C24H25BrN2O3/c1-29-24(28)30-16-6-5-15-27(17-19-7-3-2-4-8-19)18-22-13-14-23(26-22)20-9-11-21(25)12-10-20/h2-14,26H,15-18H2,1H3/b6-5-. The first-order valence-electron chi connectivity index (χ1n) is 9.70. The second kappa shape index (κ2) is 11.4. The summed E-state index contributed by atoms with van der Waals surface area (Å²) in [6.45, 7) is 2.51. The second-order valence-electron chi connectivity index (χ2n) is 6.80. The molecule has 2 aromatic carbocycles. The van der Waals surface area contributed by atoms with E-state index in [9.17, 15) is 4.79 Å². The molecule has 0 aliphatic carbocycles. The summed E-state index contributed by atoms with van der Waals surface area (Å²) in [7, 11) is 1.30. The fourth-order valence-corrected chi connectivity index (χ4v) is 3.33. The Bertz CT molecular complexity index is 952. The minimum absolute atomic E-state index is 0.196. The van der Waals surface area contributed by atoms with Gasteiger partial charge in [-0.2, -0.15) is 0 Å². The van der Waals surface area contributed by atoms with Crippen molar-refractivity contribution >= 4 is 22.1 Å². The summed E-state index contributed by atoms with van der Waals surface area (Å²) in [6.07, 6.45) is 3.16. The molecule has 0 atom stereocenters. The van der Waals surface area contributed by atoms with Crippen molar-refractivity contribution < 1.29 is 14.3 Å². The number of aromatic amines is 1. The highest BCUT2D eigenvalue weighted by atomic mass is 79.9. The van der Waals surface area contributed by atoms with Gasteiger partial charge in [0.2, 0.25) is 0 Å². The lowest BCUT2D eigenvalue weighted by atomic mass is 10.2. The zero-order valence-corrected chi connectivity index (χ0v) is 18.5. The van der Waals surface area contributed by atoms with Gasteiger partial charge in [-0.1, -0.05) is 64.5 Å². The van der Waals surface area contributed by atoms with E-state index < -0.39 is 6.16 Å². The van der Waals surface area contributed by atoms with Gasteiger partial charge < -0.3 is 14.5 Å². The number of nitrogens with one attached hydrogen (secondary N) is 1. The molecule has 1 aromatic heterocycles. The summed E-state index contributed by atoms with van der Waals surface area (Å²) in [5.74, 6) is 0. The Balaban J connectivity index is 1.65. The molecule has 0 saturated heterocycles. The molecule has 30 heavy (non-hydrogen) atoms. The van der Waals surface area contributed by atoms with Crippen LogP contribution in [0.2, 0.25) is 0 Å². The molecule has 156 valence electrons. The fourth-order valence-electron chi connectivity index (χ4n) is 3.06. The van der Waals surface area contributed by atoms with Gasteiger partial charge in [0.1, 0.15) is 6.61 Å². The molecule has 0 unspecified atom stereocenters. The number of rotatable bonds is 9. The van der Waals surface area contributed by atoms with E-state index in [1.807, 2.05) is 42.5 Å². The monoisotopic (exact) mass is 468 g/mol. The number of methoxy groups -OCH3 is 1. The summed E-state index contributed by atoms with van der Waals surface area (Å²) >= 11 is 3.48. The molecule has 0 fully saturated rings. The number of nitrogens with zero attached hydrogens (tertiary/aromatic N) is 1. The molecule has 0 bridgehead atoms. The number of aromatic nitrogens is 1. The quantitative estimate of drug-likeness (QED) is 0.319. The van der Waals surface area contributed by atoms with E-state index in [-0.39, 0.29) is 6.61 Å². The average Bonchev–Trinajstić information content (AvgIpc) is 3.23. The number of carbonyl (C=O) groups excluding carboxylic acids is 1. The smallest absolute Gasteiger partial charge is 0.438 e. The van der Waals surface area contributed by atoms with Crippen molar-refractivity contribution in [3.8, 4) is 11.3 Å². The van der Waals surface area contributed by atoms with Crippen LogP contribution in [0.4, 0.5) is 4.79 Å². The number of benzene rings is 2. The van der Waals surface area contributed by atoms with Crippen molar-refractivity contribution in [3.63, 3.8) is 0 Å². The van der Waals surface area contributed by atoms with Crippen LogP contribution in [0.15, 0.2) is 83.4 Å². The van der Waals surface area contributed by atoms with E-state index in [4.69, 9.17) is 4.74 Å². The Kier molecular flexibility index (Phi) is 8.30. The van der Waals surface area contributed by atoms with Crippen molar-refractivity contribution in [2.45, 2.75) is 13.1 Å². The molecule has 0 aliphatic heterocycles. The van der Waals surface area contributed by atoms with Crippen LogP contribution in [-0.2, 0) is 22.6 Å². The van der Waals surface area contributed by atoms with E-state index in [0.29, 0.717) is 0 Å². The van der Waals surface area contributed by atoms with Gasteiger partial charge in [0, 0.05) is 35.5 Å². The number of halogens is 1. The fraction of sp³-hybridized carbons (Fsp3) is 0.208. The average molecular weight is 469 g/mol. The SMILES string of the molecule is COC(=O)OC/C=C\CN(Cc1ccccc1)Cc1ccc(-c2ccc(Br)cc2)[nH]1. The molecule has 1 heterocycles. The molecule has 0 aliphatic rings. The maximum Gasteiger partial charge on any atom is 0.508 e. The van der Waals surface area contributed by atoms with Gasteiger partial charge >= 0.3 is 6.16 Å². The molecule has 3 aromatic rings. The summed E-state index contributed by atoms with van der Waals surface area (Å²) in [6, 6.07) is 22.9. The highest BCUT2D eigenvalue weighted by molar-refractivity contribution is 9.10. The Hall–Kier alpha value is -2.83. The van der Waals surface area contributed by atoms with Crippen molar-refractivity contribution in [2.75, 3.05) is 20.3 Å². The van der Waals surface area contributed by atoms with Gasteiger partial charge in [-0.25, -0.2) is 4.79 Å². The Labute approximate surface area is 185 Å². The maximum atomic E-state index is 11.0. The predicted molar refractivity (Wildman–Crippen MR) is 122 cm³/mol. The van der Waals surface area contributed by atoms with Crippen LogP contribution in [0.5, 0.6) is 0 Å². The summed E-state index contributed by atoms with van der Waals surface area (Å²) in [5, 5.41) is 0. The third kappa shape index (κ3) is 6.90. The third-order valence-electron chi connectivity index (χ3n) is 4.54. The Morgan fingerprint density at radius 1 is 1.00 bits per heavy atom. The Morgan fingerprint density at radius 3 is 2.50 bits per heavy atom. The molecule has 5 nitrogen and oxygen atoms in total. The van der Waals surface area contributed by atoms with Crippen LogP contribution >= 0.6 is 15.9 Å². The van der Waals surface area contributed by atoms with Gasteiger partial charge in [0.25, 0.3) is 0 Å². The van der Waals surface area contributed by atoms with Crippen LogP contribution in [0.1, 0.15) is 11.3 Å². The normalized spacial score (nSPS) is 11.2. The van der Waals surface area contributed by atoms with Crippen LogP contribution in [0, 0.1) is 0 Å². The number of hydrogen-bond acceptors (Lipinski definition) is 4. The zero-order valence-electron chi connectivity index (χ0n) is 16.9. The van der Waals surface area contributed by atoms with Crippen LogP contribution in [0.25, 0.3) is 11.3 Å². The van der Waals surface area contributed by atoms with Crippen molar-refractivity contribution in [2.24, 2.45) is 0 Å². The molecule has 6 heteroatoms.